The summed E-state index contributed by atoms with van der Waals surface area (Å²) < 4.78 is 9.47. The molecule has 0 aliphatic rings. The molecule has 18 heavy (non-hydrogen) atoms. The van der Waals surface area contributed by atoms with Gasteiger partial charge in [0.1, 0.15) is 5.82 Å². The number of nitriles is 1. The topological polar surface area (TPSA) is 62.0 Å². The highest BCUT2D eigenvalue weighted by Crippen LogP contribution is 2.25. The van der Waals surface area contributed by atoms with Gasteiger partial charge in [-0.1, -0.05) is 20.8 Å². The molecular weight excluding hydrogens is 248 g/mol. The molecule has 0 saturated heterocycles. The van der Waals surface area contributed by atoms with Crippen LogP contribution in [-0.2, 0) is 10.2 Å². The fraction of sp³-hybridized carbons (Fsp3) is 0.750. The molecule has 0 unspecified atom stereocenters. The summed E-state index contributed by atoms with van der Waals surface area (Å²) in [6.45, 7) is 8.29. The molecule has 1 heterocycles. The smallest absolute Gasteiger partial charge is 0.205 e. The first-order valence-electron chi connectivity index (χ1n) is 5.94. The Hall–Kier alpha value is -1.19. The van der Waals surface area contributed by atoms with E-state index in [2.05, 4.69) is 41.1 Å². The van der Waals surface area contributed by atoms with E-state index < -0.39 is 0 Å². The first-order valence-corrected chi connectivity index (χ1v) is 6.71. The van der Waals surface area contributed by atoms with Gasteiger partial charge >= 0.3 is 0 Å². The minimum absolute atomic E-state index is 0.0447. The van der Waals surface area contributed by atoms with Gasteiger partial charge in [0.15, 0.2) is 0 Å². The first-order chi connectivity index (χ1) is 8.49. The highest BCUT2D eigenvalue weighted by atomic mass is 32.1. The average molecular weight is 268 g/mol. The zero-order valence-corrected chi connectivity index (χ0v) is 12.3. The quantitative estimate of drug-likeness (QED) is 0.791. The van der Waals surface area contributed by atoms with E-state index >= 15 is 0 Å². The zero-order valence-electron chi connectivity index (χ0n) is 11.4. The van der Waals surface area contributed by atoms with E-state index in [0.717, 1.165) is 17.5 Å². The van der Waals surface area contributed by atoms with Gasteiger partial charge in [0, 0.05) is 37.1 Å². The minimum atomic E-state index is -0.0447. The standard InChI is InChI=1S/C12H20N4OS/c1-12(2,3)10-14-11(18-15-10)16(7-5-6-13)8-9-17-4/h5,7-9H2,1-4H3. The fourth-order valence-electron chi connectivity index (χ4n) is 1.34. The van der Waals surface area contributed by atoms with Crippen molar-refractivity contribution in [2.45, 2.75) is 32.6 Å². The summed E-state index contributed by atoms with van der Waals surface area (Å²) in [5, 5.41) is 9.55. The summed E-state index contributed by atoms with van der Waals surface area (Å²) in [7, 11) is 1.67. The van der Waals surface area contributed by atoms with Gasteiger partial charge in [-0.3, -0.25) is 0 Å². The van der Waals surface area contributed by atoms with Crippen molar-refractivity contribution in [3.8, 4) is 6.07 Å². The Morgan fingerprint density at radius 1 is 1.39 bits per heavy atom. The lowest BCUT2D eigenvalue weighted by Gasteiger charge is -2.19. The van der Waals surface area contributed by atoms with Crippen LogP contribution >= 0.6 is 11.5 Å². The fourth-order valence-corrected chi connectivity index (χ4v) is 2.25. The summed E-state index contributed by atoms with van der Waals surface area (Å²) in [5.74, 6) is 0.849. The van der Waals surface area contributed by atoms with E-state index in [-0.39, 0.29) is 5.41 Å². The molecule has 0 spiro atoms. The summed E-state index contributed by atoms with van der Waals surface area (Å²) in [4.78, 5) is 6.61. The molecule has 0 atom stereocenters. The Labute approximate surface area is 113 Å². The van der Waals surface area contributed by atoms with E-state index in [1.54, 1.807) is 7.11 Å². The molecule has 1 aromatic rings. The molecule has 0 amide bonds. The first kappa shape index (κ1) is 14.9. The van der Waals surface area contributed by atoms with E-state index in [9.17, 15) is 0 Å². The predicted octanol–water partition coefficient (Wildman–Crippen LogP) is 2.20. The van der Waals surface area contributed by atoms with E-state index in [1.807, 2.05) is 0 Å². The third-order valence-electron chi connectivity index (χ3n) is 2.42. The summed E-state index contributed by atoms with van der Waals surface area (Å²) in [5.41, 5.74) is -0.0447. The Bertz CT molecular complexity index is 405. The highest BCUT2D eigenvalue weighted by Gasteiger charge is 2.21. The summed E-state index contributed by atoms with van der Waals surface area (Å²) >= 11 is 1.39. The number of hydrogen-bond donors (Lipinski definition) is 0. The Morgan fingerprint density at radius 2 is 2.11 bits per heavy atom. The lowest BCUT2D eigenvalue weighted by molar-refractivity contribution is 0.205. The van der Waals surface area contributed by atoms with Gasteiger partial charge in [-0.2, -0.15) is 9.64 Å². The van der Waals surface area contributed by atoms with Crippen molar-refractivity contribution >= 4 is 16.7 Å². The minimum Gasteiger partial charge on any atom is -0.383 e. The van der Waals surface area contributed by atoms with Crippen molar-refractivity contribution in [1.29, 1.82) is 5.26 Å². The largest absolute Gasteiger partial charge is 0.383 e. The molecule has 5 nitrogen and oxygen atoms in total. The molecule has 0 fully saturated rings. The maximum atomic E-state index is 8.68. The highest BCUT2D eigenvalue weighted by molar-refractivity contribution is 7.09. The van der Waals surface area contributed by atoms with E-state index in [4.69, 9.17) is 10.00 Å². The van der Waals surface area contributed by atoms with Gasteiger partial charge < -0.3 is 9.64 Å². The second kappa shape index (κ2) is 6.66. The SMILES string of the molecule is COCCN(CCC#N)c1nc(C(C)(C)C)ns1. The van der Waals surface area contributed by atoms with Crippen molar-refractivity contribution in [1.82, 2.24) is 9.36 Å². The van der Waals surface area contributed by atoms with Crippen LogP contribution in [0.1, 0.15) is 33.0 Å². The molecule has 0 radical (unpaired) electrons. The average Bonchev–Trinajstić information content (AvgIpc) is 2.78. The Morgan fingerprint density at radius 3 is 2.61 bits per heavy atom. The molecule has 1 rings (SSSR count). The molecule has 1 aromatic heterocycles. The predicted molar refractivity (Wildman–Crippen MR) is 72.9 cm³/mol. The third-order valence-corrected chi connectivity index (χ3v) is 3.19. The van der Waals surface area contributed by atoms with Crippen LogP contribution in [0.15, 0.2) is 0 Å². The molecule has 0 bridgehead atoms. The van der Waals surface area contributed by atoms with Crippen molar-refractivity contribution in [3.05, 3.63) is 5.82 Å². The number of methoxy groups -OCH3 is 1. The molecular formula is C12H20N4OS. The Kier molecular flexibility index (Phi) is 5.51. The number of hydrogen-bond acceptors (Lipinski definition) is 6. The normalized spacial score (nSPS) is 11.3. The third kappa shape index (κ3) is 4.24. The zero-order chi connectivity index (χ0) is 13.6. The van der Waals surface area contributed by atoms with Crippen LogP contribution in [-0.4, -0.2) is 36.2 Å². The number of anilines is 1. The Balaban J connectivity index is 2.78. The van der Waals surface area contributed by atoms with Crippen LogP contribution in [0.25, 0.3) is 0 Å². The van der Waals surface area contributed by atoms with Crippen LogP contribution in [0.4, 0.5) is 5.13 Å². The van der Waals surface area contributed by atoms with Crippen molar-refractivity contribution in [2.75, 3.05) is 31.7 Å². The van der Waals surface area contributed by atoms with Gasteiger partial charge in [0.2, 0.25) is 5.13 Å². The molecule has 0 aliphatic heterocycles. The van der Waals surface area contributed by atoms with Gasteiger partial charge in [0.25, 0.3) is 0 Å². The van der Waals surface area contributed by atoms with Crippen LogP contribution in [0, 0.1) is 11.3 Å². The van der Waals surface area contributed by atoms with Gasteiger partial charge in [-0.05, 0) is 0 Å². The second-order valence-corrected chi connectivity index (χ2v) is 5.77. The summed E-state index contributed by atoms with van der Waals surface area (Å²) in [6, 6.07) is 2.16. The molecule has 6 heteroatoms. The van der Waals surface area contributed by atoms with Crippen LogP contribution in [0.2, 0.25) is 0 Å². The van der Waals surface area contributed by atoms with Crippen molar-refractivity contribution < 1.29 is 4.74 Å². The number of nitrogens with zero attached hydrogens (tertiary/aromatic N) is 4. The van der Waals surface area contributed by atoms with E-state index in [0.29, 0.717) is 19.6 Å². The van der Waals surface area contributed by atoms with Crippen LogP contribution in [0.5, 0.6) is 0 Å². The van der Waals surface area contributed by atoms with Crippen molar-refractivity contribution in [3.63, 3.8) is 0 Å². The maximum Gasteiger partial charge on any atom is 0.205 e. The molecule has 0 aliphatic carbocycles. The number of aromatic nitrogens is 2. The number of rotatable bonds is 6. The van der Waals surface area contributed by atoms with Gasteiger partial charge in [-0.15, -0.1) is 0 Å². The van der Waals surface area contributed by atoms with Crippen LogP contribution in [0.3, 0.4) is 0 Å². The van der Waals surface area contributed by atoms with Crippen LogP contribution < -0.4 is 4.90 Å². The molecule has 100 valence electrons. The van der Waals surface area contributed by atoms with Crippen molar-refractivity contribution in [2.24, 2.45) is 0 Å². The molecule has 0 saturated carbocycles. The number of ether oxygens (including phenoxy) is 1. The van der Waals surface area contributed by atoms with Gasteiger partial charge in [0.05, 0.1) is 19.1 Å². The monoisotopic (exact) mass is 268 g/mol. The van der Waals surface area contributed by atoms with E-state index in [1.165, 1.54) is 11.5 Å². The molecule has 0 aromatic carbocycles. The molecule has 0 N–H and O–H groups in total. The lowest BCUT2D eigenvalue weighted by Crippen LogP contribution is -2.28. The maximum absolute atomic E-state index is 8.68. The van der Waals surface area contributed by atoms with Gasteiger partial charge in [-0.25, -0.2) is 4.98 Å². The second-order valence-electron chi connectivity index (χ2n) is 5.04. The lowest BCUT2D eigenvalue weighted by atomic mass is 9.96. The summed E-state index contributed by atoms with van der Waals surface area (Å²) in [6.07, 6.45) is 0.480.